The summed E-state index contributed by atoms with van der Waals surface area (Å²) in [5.41, 5.74) is 4.62. The molecule has 2 aromatic carbocycles. The second-order valence-corrected chi connectivity index (χ2v) is 8.37. The molecule has 154 valence electrons. The van der Waals surface area contributed by atoms with Crippen molar-refractivity contribution in [3.63, 3.8) is 0 Å². The molecule has 0 amide bonds. The molecule has 2 heteroatoms. The molecule has 0 radical (unpaired) electrons. The Morgan fingerprint density at radius 1 is 1.06 bits per heavy atom. The minimum Gasteiger partial charge on any atom is -0.292 e. The summed E-state index contributed by atoms with van der Waals surface area (Å²) in [6.07, 6.45) is 21.1. The number of benzene rings is 2. The molecule has 5 rings (SSSR count). The largest absolute Gasteiger partial charge is 0.292 e. The van der Waals surface area contributed by atoms with Gasteiger partial charge in [-0.05, 0) is 48.6 Å². The van der Waals surface area contributed by atoms with Gasteiger partial charge in [0.05, 0.1) is 11.0 Å². The smallest absolute Gasteiger partial charge is 0.145 e. The van der Waals surface area contributed by atoms with Crippen LogP contribution in [0.5, 0.6) is 0 Å². The maximum atomic E-state index is 5.27. The lowest BCUT2D eigenvalue weighted by Crippen LogP contribution is -2.50. The summed E-state index contributed by atoms with van der Waals surface area (Å²) in [4.78, 5) is 5.27. The number of fused-ring (bicyclic) bond motifs is 3. The fourth-order valence-electron chi connectivity index (χ4n) is 4.83. The van der Waals surface area contributed by atoms with Crippen LogP contribution < -0.4 is 20.9 Å². The van der Waals surface area contributed by atoms with E-state index in [4.69, 9.17) is 4.98 Å². The summed E-state index contributed by atoms with van der Waals surface area (Å²) < 4.78 is 2.38. The lowest BCUT2D eigenvalue weighted by atomic mass is 9.96. The molecule has 2 nitrogen and oxygen atoms in total. The molecule has 1 heterocycles. The molecule has 0 saturated carbocycles. The maximum Gasteiger partial charge on any atom is 0.145 e. The van der Waals surface area contributed by atoms with Crippen molar-refractivity contribution in [2.75, 3.05) is 0 Å². The monoisotopic (exact) mass is 404 g/mol. The normalized spacial score (nSPS) is 19.0. The standard InChI is InChI=1S/C29H28N2/c1-4-12-24-23(5-2)27-28(25-18-17-20(3)19-26(24)25)31(22-15-10-7-11-16-22)29(30-27)21-13-8-6-9-14-21/h4-6,8-10,12-16,18-20H,1,7,11,17H2,2-3H3/b23-5+,24-12+. The molecule has 1 aromatic heterocycles. The first-order chi connectivity index (χ1) is 15.2. The van der Waals surface area contributed by atoms with E-state index in [1.807, 2.05) is 6.08 Å². The van der Waals surface area contributed by atoms with Gasteiger partial charge in [-0.1, -0.05) is 86.4 Å². The minimum atomic E-state index is 0.519. The maximum absolute atomic E-state index is 5.27. The van der Waals surface area contributed by atoms with E-state index < -0.39 is 0 Å². The molecule has 0 bridgehead atoms. The summed E-state index contributed by atoms with van der Waals surface area (Å²) in [6, 6.07) is 10.5. The second-order valence-electron chi connectivity index (χ2n) is 8.37. The zero-order valence-corrected chi connectivity index (χ0v) is 18.3. The Morgan fingerprint density at radius 2 is 1.90 bits per heavy atom. The van der Waals surface area contributed by atoms with E-state index in [1.54, 1.807) is 0 Å². The van der Waals surface area contributed by atoms with E-state index >= 15 is 0 Å². The first-order valence-corrected chi connectivity index (χ1v) is 11.2. The van der Waals surface area contributed by atoms with Gasteiger partial charge in [0.2, 0.25) is 0 Å². The van der Waals surface area contributed by atoms with Gasteiger partial charge in [-0.15, -0.1) is 0 Å². The van der Waals surface area contributed by atoms with Crippen molar-refractivity contribution in [2.45, 2.75) is 33.1 Å². The van der Waals surface area contributed by atoms with E-state index in [0.29, 0.717) is 5.92 Å². The van der Waals surface area contributed by atoms with Crippen LogP contribution in [0, 0.1) is 5.92 Å². The van der Waals surface area contributed by atoms with Crippen molar-refractivity contribution in [2.24, 2.45) is 5.92 Å². The van der Waals surface area contributed by atoms with E-state index in [-0.39, 0.29) is 0 Å². The average molecular weight is 405 g/mol. The third-order valence-electron chi connectivity index (χ3n) is 6.24. The van der Waals surface area contributed by atoms with Crippen molar-refractivity contribution in [3.05, 3.63) is 82.1 Å². The molecule has 1 atom stereocenters. The Morgan fingerprint density at radius 3 is 2.61 bits per heavy atom. The van der Waals surface area contributed by atoms with Crippen LogP contribution in [0.25, 0.3) is 52.4 Å². The van der Waals surface area contributed by atoms with Crippen LogP contribution in [-0.2, 0) is 0 Å². The highest BCUT2D eigenvalue weighted by Gasteiger charge is 2.19. The van der Waals surface area contributed by atoms with Gasteiger partial charge in [0.1, 0.15) is 5.82 Å². The Kier molecular flexibility index (Phi) is 5.07. The van der Waals surface area contributed by atoms with Crippen molar-refractivity contribution in [3.8, 4) is 11.4 Å². The molecule has 31 heavy (non-hydrogen) atoms. The van der Waals surface area contributed by atoms with E-state index in [9.17, 15) is 0 Å². The highest BCUT2D eigenvalue weighted by molar-refractivity contribution is 5.89. The van der Waals surface area contributed by atoms with E-state index in [2.05, 4.69) is 97.9 Å². The lowest BCUT2D eigenvalue weighted by Gasteiger charge is -2.15. The summed E-state index contributed by atoms with van der Waals surface area (Å²) >= 11 is 0. The summed E-state index contributed by atoms with van der Waals surface area (Å²) in [7, 11) is 0. The summed E-state index contributed by atoms with van der Waals surface area (Å²) in [5.74, 6) is 1.52. The number of hydrogen-bond acceptors (Lipinski definition) is 1. The number of imidazole rings is 1. The molecule has 2 aliphatic rings. The highest BCUT2D eigenvalue weighted by atomic mass is 15.1. The molecule has 0 saturated heterocycles. The molecule has 2 aliphatic carbocycles. The van der Waals surface area contributed by atoms with Gasteiger partial charge < -0.3 is 0 Å². The molecule has 0 aliphatic heterocycles. The van der Waals surface area contributed by atoms with Crippen LogP contribution in [0.2, 0.25) is 0 Å². The Bertz CT molecular complexity index is 1480. The van der Waals surface area contributed by atoms with Crippen molar-refractivity contribution in [1.82, 2.24) is 9.55 Å². The van der Waals surface area contributed by atoms with E-state index in [0.717, 1.165) is 36.2 Å². The number of hydrogen-bond donors (Lipinski definition) is 0. The van der Waals surface area contributed by atoms with Crippen molar-refractivity contribution >= 4 is 41.0 Å². The topological polar surface area (TPSA) is 17.8 Å². The van der Waals surface area contributed by atoms with Gasteiger partial charge in [-0.2, -0.15) is 0 Å². The van der Waals surface area contributed by atoms with Crippen LogP contribution >= 0.6 is 0 Å². The van der Waals surface area contributed by atoms with Gasteiger partial charge in [0.25, 0.3) is 0 Å². The Hall–Kier alpha value is -3.39. The van der Waals surface area contributed by atoms with Gasteiger partial charge >= 0.3 is 0 Å². The molecule has 0 spiro atoms. The zero-order chi connectivity index (χ0) is 21.4. The van der Waals surface area contributed by atoms with Crippen molar-refractivity contribution in [1.29, 1.82) is 0 Å². The summed E-state index contributed by atoms with van der Waals surface area (Å²) in [5, 5.41) is 5.01. The number of rotatable bonds is 3. The number of nitrogens with zero attached hydrogens (tertiary/aromatic N) is 2. The van der Waals surface area contributed by atoms with Crippen LogP contribution in [0.4, 0.5) is 0 Å². The fourth-order valence-corrected chi connectivity index (χ4v) is 4.83. The van der Waals surface area contributed by atoms with E-state index in [1.165, 1.54) is 32.1 Å². The quantitative estimate of drug-likeness (QED) is 0.638. The van der Waals surface area contributed by atoms with Gasteiger partial charge in [-0.3, -0.25) is 4.57 Å². The van der Waals surface area contributed by atoms with Crippen LogP contribution in [0.15, 0.2) is 61.2 Å². The molecule has 1 unspecified atom stereocenters. The third-order valence-corrected chi connectivity index (χ3v) is 6.24. The number of aromatic nitrogens is 2. The molecular weight excluding hydrogens is 376 g/mol. The fraction of sp³-hybridized carbons (Fsp3) is 0.207. The summed E-state index contributed by atoms with van der Waals surface area (Å²) in [6.45, 7) is 8.38. The first kappa shape index (κ1) is 19.6. The van der Waals surface area contributed by atoms with Crippen LogP contribution in [-0.4, -0.2) is 9.55 Å². The minimum absolute atomic E-state index is 0.519. The van der Waals surface area contributed by atoms with Crippen molar-refractivity contribution < 1.29 is 0 Å². The number of allylic oxidation sites excluding steroid dienone is 5. The molecule has 3 aromatic rings. The van der Waals surface area contributed by atoms with Crippen LogP contribution in [0.1, 0.15) is 33.1 Å². The molecular formula is C29H28N2. The Labute approximate surface area is 183 Å². The molecule has 0 fully saturated rings. The van der Waals surface area contributed by atoms with Gasteiger partial charge in [0, 0.05) is 21.7 Å². The van der Waals surface area contributed by atoms with Gasteiger partial charge in [-0.25, -0.2) is 4.98 Å². The average Bonchev–Trinajstić information content (AvgIpc) is 3.21. The SMILES string of the molecule is C=C/C=c1/c2c(c3c(nc(-c4ccccc4)n3C3=CCCC=C3)/c1=C/C)=CCC(C)C=2. The first-order valence-electron chi connectivity index (χ1n) is 11.2. The predicted molar refractivity (Wildman–Crippen MR) is 134 cm³/mol. The third kappa shape index (κ3) is 3.23. The van der Waals surface area contributed by atoms with Gasteiger partial charge in [0.15, 0.2) is 0 Å². The molecule has 0 N–H and O–H groups in total. The zero-order valence-electron chi connectivity index (χ0n) is 18.3. The highest BCUT2D eigenvalue weighted by Crippen LogP contribution is 2.28. The lowest BCUT2D eigenvalue weighted by molar-refractivity contribution is 0.800. The Balaban J connectivity index is 2.07. The predicted octanol–water partition coefficient (Wildman–Crippen LogP) is 4.26. The van der Waals surface area contributed by atoms with Crippen LogP contribution in [0.3, 0.4) is 0 Å². The second kappa shape index (κ2) is 8.03.